The molecule has 5 heteroatoms. The molecule has 21 heavy (non-hydrogen) atoms. The molecule has 2 N–H and O–H groups in total. The minimum atomic E-state index is -0.261. The average molecular weight is 348 g/mol. The van der Waals surface area contributed by atoms with Gasteiger partial charge < -0.3 is 10.6 Å². The fourth-order valence-corrected chi connectivity index (χ4v) is 2.88. The number of rotatable bonds is 2. The Bertz CT molecular complexity index is 697. The zero-order valence-corrected chi connectivity index (χ0v) is 13.1. The third-order valence-corrected chi connectivity index (χ3v) is 4.52. The first-order valence-electron chi connectivity index (χ1n) is 6.67. The second kappa shape index (κ2) is 5.48. The first-order valence-corrected chi connectivity index (χ1v) is 7.46. The molecule has 1 aliphatic rings. The van der Waals surface area contributed by atoms with Crippen LogP contribution < -0.4 is 10.6 Å². The zero-order chi connectivity index (χ0) is 15.0. The van der Waals surface area contributed by atoms with Crippen LogP contribution in [0.1, 0.15) is 17.2 Å². The highest BCUT2D eigenvalue weighted by Crippen LogP contribution is 2.32. The van der Waals surface area contributed by atoms with Crippen molar-refractivity contribution in [2.45, 2.75) is 13.0 Å². The van der Waals surface area contributed by atoms with Crippen LogP contribution in [-0.2, 0) is 0 Å². The van der Waals surface area contributed by atoms with E-state index in [1.165, 1.54) is 17.7 Å². The molecule has 0 radical (unpaired) electrons. The SMILES string of the molecule is Cc1ccc(C2CN=C(N)N2c2ccc(F)cc2)cc1Br. The zero-order valence-electron chi connectivity index (χ0n) is 11.6. The van der Waals surface area contributed by atoms with Crippen LogP contribution >= 0.6 is 15.9 Å². The summed E-state index contributed by atoms with van der Waals surface area (Å²) in [7, 11) is 0. The largest absolute Gasteiger partial charge is 0.369 e. The molecule has 1 aliphatic heterocycles. The van der Waals surface area contributed by atoms with E-state index in [9.17, 15) is 4.39 Å². The molecule has 0 amide bonds. The number of halogens is 2. The Labute approximate surface area is 131 Å². The van der Waals surface area contributed by atoms with Crippen LogP contribution in [-0.4, -0.2) is 12.5 Å². The van der Waals surface area contributed by atoms with Gasteiger partial charge in [0.15, 0.2) is 5.96 Å². The number of nitrogens with two attached hydrogens (primary N) is 1. The van der Waals surface area contributed by atoms with Gasteiger partial charge in [0.05, 0.1) is 12.6 Å². The second-order valence-electron chi connectivity index (χ2n) is 5.07. The van der Waals surface area contributed by atoms with Crippen LogP contribution in [0, 0.1) is 12.7 Å². The molecular weight excluding hydrogens is 333 g/mol. The molecule has 2 aromatic rings. The lowest BCUT2D eigenvalue weighted by Crippen LogP contribution is -2.36. The van der Waals surface area contributed by atoms with E-state index < -0.39 is 0 Å². The van der Waals surface area contributed by atoms with Crippen LogP contribution in [0.2, 0.25) is 0 Å². The van der Waals surface area contributed by atoms with Crippen molar-refractivity contribution in [1.82, 2.24) is 0 Å². The fourth-order valence-electron chi connectivity index (χ4n) is 2.48. The number of hydrogen-bond donors (Lipinski definition) is 1. The lowest BCUT2D eigenvalue weighted by atomic mass is 10.0. The summed E-state index contributed by atoms with van der Waals surface area (Å²) < 4.78 is 14.2. The van der Waals surface area contributed by atoms with E-state index in [1.54, 1.807) is 12.1 Å². The number of aryl methyl sites for hydroxylation is 1. The van der Waals surface area contributed by atoms with Crippen molar-refractivity contribution in [3.05, 3.63) is 63.9 Å². The first-order chi connectivity index (χ1) is 10.1. The molecule has 0 fully saturated rings. The van der Waals surface area contributed by atoms with Crippen LogP contribution in [0.5, 0.6) is 0 Å². The topological polar surface area (TPSA) is 41.6 Å². The number of benzene rings is 2. The van der Waals surface area contributed by atoms with Gasteiger partial charge >= 0.3 is 0 Å². The standard InChI is InChI=1S/C16H15BrFN3/c1-10-2-3-11(8-14(10)17)15-9-20-16(19)21(15)13-6-4-12(18)5-7-13/h2-8,15H,9H2,1H3,(H2,19,20). The molecule has 1 heterocycles. The second-order valence-corrected chi connectivity index (χ2v) is 5.92. The van der Waals surface area contributed by atoms with Gasteiger partial charge in [-0.3, -0.25) is 4.99 Å². The molecule has 1 unspecified atom stereocenters. The predicted octanol–water partition coefficient (Wildman–Crippen LogP) is 3.77. The van der Waals surface area contributed by atoms with Crippen LogP contribution in [0.25, 0.3) is 0 Å². The normalized spacial score (nSPS) is 18.0. The third kappa shape index (κ3) is 2.65. The molecule has 2 aromatic carbocycles. The van der Waals surface area contributed by atoms with Gasteiger partial charge in [-0.15, -0.1) is 0 Å². The number of anilines is 1. The Kier molecular flexibility index (Phi) is 3.68. The number of nitrogens with zero attached hydrogens (tertiary/aromatic N) is 2. The summed E-state index contributed by atoms with van der Waals surface area (Å²) in [5.74, 6) is 0.200. The molecule has 3 nitrogen and oxygen atoms in total. The number of guanidine groups is 1. The van der Waals surface area contributed by atoms with E-state index in [0.717, 1.165) is 15.7 Å². The molecule has 0 saturated heterocycles. The van der Waals surface area contributed by atoms with E-state index in [1.807, 2.05) is 11.8 Å². The Hall–Kier alpha value is -1.88. The average Bonchev–Trinajstić information content (AvgIpc) is 2.85. The molecule has 0 aliphatic carbocycles. The minimum absolute atomic E-state index is 0.0346. The summed E-state index contributed by atoms with van der Waals surface area (Å²) in [6, 6.07) is 12.6. The van der Waals surface area contributed by atoms with Gasteiger partial charge in [-0.2, -0.15) is 0 Å². The summed E-state index contributed by atoms with van der Waals surface area (Å²) in [4.78, 5) is 6.28. The van der Waals surface area contributed by atoms with Crippen LogP contribution in [0.4, 0.5) is 10.1 Å². The summed E-state index contributed by atoms with van der Waals surface area (Å²) in [5, 5.41) is 0. The van der Waals surface area contributed by atoms with E-state index in [0.29, 0.717) is 12.5 Å². The van der Waals surface area contributed by atoms with E-state index in [-0.39, 0.29) is 11.9 Å². The summed E-state index contributed by atoms with van der Waals surface area (Å²) >= 11 is 3.56. The van der Waals surface area contributed by atoms with E-state index >= 15 is 0 Å². The highest BCUT2D eigenvalue weighted by molar-refractivity contribution is 9.10. The van der Waals surface area contributed by atoms with Crippen molar-refractivity contribution in [2.24, 2.45) is 10.7 Å². The van der Waals surface area contributed by atoms with Crippen LogP contribution in [0.15, 0.2) is 51.9 Å². The molecule has 1 atom stereocenters. The monoisotopic (exact) mass is 347 g/mol. The quantitative estimate of drug-likeness (QED) is 0.898. The molecule has 0 saturated carbocycles. The van der Waals surface area contributed by atoms with Gasteiger partial charge in [0.1, 0.15) is 5.82 Å². The van der Waals surface area contributed by atoms with Gasteiger partial charge in [0.2, 0.25) is 0 Å². The highest BCUT2D eigenvalue weighted by atomic mass is 79.9. The lowest BCUT2D eigenvalue weighted by molar-refractivity contribution is 0.627. The van der Waals surface area contributed by atoms with E-state index in [2.05, 4.69) is 39.1 Å². The third-order valence-electron chi connectivity index (χ3n) is 3.67. The first kappa shape index (κ1) is 14.1. The Morgan fingerprint density at radius 1 is 1.24 bits per heavy atom. The molecule has 108 valence electrons. The predicted molar refractivity (Wildman–Crippen MR) is 87.0 cm³/mol. The number of hydrogen-bond acceptors (Lipinski definition) is 3. The van der Waals surface area contributed by atoms with Gasteiger partial charge in [0.25, 0.3) is 0 Å². The van der Waals surface area contributed by atoms with Gasteiger partial charge in [-0.05, 0) is 48.4 Å². The van der Waals surface area contributed by atoms with Crippen molar-refractivity contribution < 1.29 is 4.39 Å². The molecular formula is C16H15BrFN3. The Morgan fingerprint density at radius 3 is 2.62 bits per heavy atom. The molecule has 0 aromatic heterocycles. The summed E-state index contributed by atoms with van der Waals surface area (Å²) in [6.07, 6.45) is 0. The summed E-state index contributed by atoms with van der Waals surface area (Å²) in [6.45, 7) is 2.64. The van der Waals surface area contributed by atoms with E-state index in [4.69, 9.17) is 5.73 Å². The van der Waals surface area contributed by atoms with Crippen LogP contribution in [0.3, 0.4) is 0 Å². The van der Waals surface area contributed by atoms with Crippen molar-refractivity contribution in [1.29, 1.82) is 0 Å². The maximum Gasteiger partial charge on any atom is 0.196 e. The summed E-state index contributed by atoms with van der Waals surface area (Å²) in [5.41, 5.74) is 9.17. The van der Waals surface area contributed by atoms with Gasteiger partial charge in [0, 0.05) is 10.2 Å². The fraction of sp³-hybridized carbons (Fsp3) is 0.188. The van der Waals surface area contributed by atoms with Gasteiger partial charge in [-0.25, -0.2) is 4.39 Å². The van der Waals surface area contributed by atoms with Crippen molar-refractivity contribution in [3.63, 3.8) is 0 Å². The van der Waals surface area contributed by atoms with Gasteiger partial charge in [-0.1, -0.05) is 28.1 Å². The maximum atomic E-state index is 13.1. The molecule has 0 bridgehead atoms. The minimum Gasteiger partial charge on any atom is -0.369 e. The Balaban J connectivity index is 1.98. The molecule has 0 spiro atoms. The highest BCUT2D eigenvalue weighted by Gasteiger charge is 2.29. The Morgan fingerprint density at radius 2 is 1.95 bits per heavy atom. The smallest absolute Gasteiger partial charge is 0.196 e. The number of aliphatic imine (C=N–C) groups is 1. The maximum absolute atomic E-state index is 13.1. The van der Waals surface area contributed by atoms with Crippen molar-refractivity contribution in [3.8, 4) is 0 Å². The van der Waals surface area contributed by atoms with Crippen molar-refractivity contribution >= 4 is 27.6 Å². The molecule has 3 rings (SSSR count). The lowest BCUT2D eigenvalue weighted by Gasteiger charge is -2.27. The van der Waals surface area contributed by atoms with Crippen molar-refractivity contribution in [2.75, 3.05) is 11.4 Å².